The van der Waals surface area contributed by atoms with E-state index in [1.54, 1.807) is 31.6 Å². The lowest BCUT2D eigenvalue weighted by Gasteiger charge is -2.10. The highest BCUT2D eigenvalue weighted by Gasteiger charge is 2.29. The van der Waals surface area contributed by atoms with E-state index in [0.717, 1.165) is 25.1 Å². The summed E-state index contributed by atoms with van der Waals surface area (Å²) in [5, 5.41) is 9.33. The fraction of sp³-hybridized carbons (Fsp3) is 0.500. The molecule has 0 saturated heterocycles. The molecule has 8 nitrogen and oxygen atoms in total. The Kier molecular flexibility index (Phi) is 9.24. The van der Waals surface area contributed by atoms with E-state index >= 15 is 0 Å². The highest BCUT2D eigenvalue weighted by molar-refractivity contribution is 5.78. The number of pyridine rings is 1. The molecule has 0 radical (unpaired) electrons. The Morgan fingerprint density at radius 3 is 2.94 bits per heavy atom. The number of rotatable bonds is 10. The van der Waals surface area contributed by atoms with Gasteiger partial charge in [0.25, 0.3) is 0 Å². The first kappa shape index (κ1) is 24.2. The van der Waals surface area contributed by atoms with Crippen LogP contribution in [0.15, 0.2) is 24.5 Å². The van der Waals surface area contributed by atoms with Crippen molar-refractivity contribution < 1.29 is 13.9 Å². The van der Waals surface area contributed by atoms with Crippen molar-refractivity contribution in [3.8, 4) is 17.7 Å². The fourth-order valence-corrected chi connectivity index (χ4v) is 3.49. The summed E-state index contributed by atoms with van der Waals surface area (Å²) < 4.78 is 18.4. The highest BCUT2D eigenvalue weighted by Crippen LogP contribution is 2.27. The van der Waals surface area contributed by atoms with Crippen LogP contribution in [-0.2, 0) is 4.79 Å². The normalized spacial score (nSPS) is 17.1. The lowest BCUT2D eigenvalue weighted by atomic mass is 10.1. The summed E-state index contributed by atoms with van der Waals surface area (Å²) in [6.07, 6.45) is 6.28. The third-order valence-corrected chi connectivity index (χ3v) is 5.27. The van der Waals surface area contributed by atoms with Crippen LogP contribution in [0, 0.1) is 17.8 Å². The molecule has 1 aliphatic rings. The van der Waals surface area contributed by atoms with Gasteiger partial charge in [-0.15, -0.1) is 0 Å². The van der Waals surface area contributed by atoms with Crippen molar-refractivity contribution in [3.63, 3.8) is 0 Å². The number of nitrogens with one attached hydrogen (secondary N) is 3. The van der Waals surface area contributed by atoms with E-state index in [2.05, 4.69) is 49.7 Å². The Labute approximate surface area is 194 Å². The van der Waals surface area contributed by atoms with Gasteiger partial charge in [0.1, 0.15) is 12.0 Å². The van der Waals surface area contributed by atoms with Gasteiger partial charge in [0, 0.05) is 43.4 Å². The maximum Gasteiger partial charge on any atom is 0.229 e. The van der Waals surface area contributed by atoms with Crippen LogP contribution in [0.2, 0.25) is 0 Å². The number of halogens is 1. The monoisotopic (exact) mass is 454 g/mol. The third-order valence-electron chi connectivity index (χ3n) is 5.27. The molecule has 0 aliphatic heterocycles. The van der Waals surface area contributed by atoms with Crippen LogP contribution in [-0.4, -0.2) is 47.2 Å². The number of ether oxygens (including phenoxy) is 1. The molecule has 0 unspecified atom stereocenters. The molecular weight excluding hydrogens is 423 g/mol. The maximum atomic E-state index is 13.2. The van der Waals surface area contributed by atoms with Gasteiger partial charge >= 0.3 is 0 Å². The Bertz CT molecular complexity index is 990. The van der Waals surface area contributed by atoms with Gasteiger partial charge in [-0.25, -0.2) is 14.4 Å². The predicted octanol–water partition coefficient (Wildman–Crippen LogP) is 3.83. The Balaban J connectivity index is 1.54. The molecule has 176 valence electrons. The Morgan fingerprint density at radius 1 is 1.30 bits per heavy atom. The van der Waals surface area contributed by atoms with Crippen molar-refractivity contribution in [2.24, 2.45) is 5.92 Å². The first-order chi connectivity index (χ1) is 16.1. The molecule has 33 heavy (non-hydrogen) atoms. The summed E-state index contributed by atoms with van der Waals surface area (Å²) in [5.41, 5.74) is 1.48. The summed E-state index contributed by atoms with van der Waals surface area (Å²) in [6, 6.07) is 3.57. The zero-order valence-corrected chi connectivity index (χ0v) is 19.2. The minimum atomic E-state index is -0.835. The van der Waals surface area contributed by atoms with E-state index in [1.807, 2.05) is 0 Å². The number of carbonyl (C=O) groups excluding carboxylic acids is 1. The summed E-state index contributed by atoms with van der Waals surface area (Å²) >= 11 is 0. The largest absolute Gasteiger partial charge is 0.481 e. The number of methoxy groups -OCH3 is 1. The number of hydrogen-bond donors (Lipinski definition) is 3. The van der Waals surface area contributed by atoms with Crippen LogP contribution in [0.4, 0.5) is 21.8 Å². The zero-order valence-electron chi connectivity index (χ0n) is 19.2. The average molecular weight is 455 g/mol. The summed E-state index contributed by atoms with van der Waals surface area (Å²) in [7, 11) is 1.56. The number of nitrogens with zero attached hydrogens (tertiary/aromatic N) is 3. The standard InChI is InChI=1S/C24H31FN6O2/c1-3-11-27-22-18(7-5-4-6-12-28-23(32)17-8-9-19(25)14-17)16-29-24(31-22)30-20-10-13-26-21(15-20)33-2/h10,13,15-17,19H,3-4,6,8-9,11-12,14H2,1-2H3,(H,28,32)(H2,26,27,29,30,31)/t17-,19+/m0/s1. The van der Waals surface area contributed by atoms with Gasteiger partial charge in [0.05, 0.1) is 18.9 Å². The Morgan fingerprint density at radius 2 is 2.18 bits per heavy atom. The van der Waals surface area contributed by atoms with Gasteiger partial charge < -0.3 is 20.7 Å². The number of anilines is 3. The maximum absolute atomic E-state index is 13.2. The molecule has 2 aromatic rings. The molecule has 3 rings (SSSR count). The van der Waals surface area contributed by atoms with E-state index in [4.69, 9.17) is 4.74 Å². The molecule has 2 atom stereocenters. The third kappa shape index (κ3) is 7.59. The van der Waals surface area contributed by atoms with E-state index < -0.39 is 6.17 Å². The topological polar surface area (TPSA) is 101 Å². The average Bonchev–Trinajstić information content (AvgIpc) is 3.27. The minimum absolute atomic E-state index is 0.0440. The summed E-state index contributed by atoms with van der Waals surface area (Å²) in [5.74, 6) is 7.63. The van der Waals surface area contributed by atoms with Gasteiger partial charge in [0.15, 0.2) is 0 Å². The number of carbonyl (C=O) groups is 1. The molecule has 3 N–H and O–H groups in total. The number of alkyl halides is 1. The predicted molar refractivity (Wildman–Crippen MR) is 126 cm³/mol. The second-order valence-corrected chi connectivity index (χ2v) is 7.90. The number of hydrogen-bond acceptors (Lipinski definition) is 7. The first-order valence-electron chi connectivity index (χ1n) is 11.4. The van der Waals surface area contributed by atoms with Crippen molar-refractivity contribution in [2.45, 2.75) is 51.6 Å². The van der Waals surface area contributed by atoms with Crippen LogP contribution in [0.25, 0.3) is 0 Å². The lowest BCUT2D eigenvalue weighted by molar-refractivity contribution is -0.124. The van der Waals surface area contributed by atoms with Crippen molar-refractivity contribution >= 4 is 23.4 Å². The van der Waals surface area contributed by atoms with Crippen molar-refractivity contribution in [2.75, 3.05) is 30.8 Å². The van der Waals surface area contributed by atoms with Crippen molar-refractivity contribution in [1.29, 1.82) is 0 Å². The van der Waals surface area contributed by atoms with Gasteiger partial charge in [-0.1, -0.05) is 18.8 Å². The van der Waals surface area contributed by atoms with E-state index in [1.165, 1.54) is 0 Å². The van der Waals surface area contributed by atoms with Crippen LogP contribution < -0.4 is 20.7 Å². The van der Waals surface area contributed by atoms with Gasteiger partial charge in [-0.05, 0) is 38.2 Å². The van der Waals surface area contributed by atoms with Crippen LogP contribution >= 0.6 is 0 Å². The van der Waals surface area contributed by atoms with E-state index in [-0.39, 0.29) is 11.8 Å². The number of unbranched alkanes of at least 4 members (excludes halogenated alkanes) is 1. The van der Waals surface area contributed by atoms with Crippen LogP contribution in [0.5, 0.6) is 5.88 Å². The van der Waals surface area contributed by atoms with Crippen LogP contribution in [0.3, 0.4) is 0 Å². The summed E-state index contributed by atoms with van der Waals surface area (Å²) in [4.78, 5) is 25.1. The van der Waals surface area contributed by atoms with E-state index in [0.29, 0.717) is 55.4 Å². The molecule has 9 heteroatoms. The fourth-order valence-electron chi connectivity index (χ4n) is 3.49. The molecule has 1 fully saturated rings. The molecule has 0 spiro atoms. The zero-order chi connectivity index (χ0) is 23.5. The van der Waals surface area contributed by atoms with Crippen LogP contribution in [0.1, 0.15) is 51.0 Å². The van der Waals surface area contributed by atoms with Crippen molar-refractivity contribution in [3.05, 3.63) is 30.1 Å². The summed E-state index contributed by atoms with van der Waals surface area (Å²) in [6.45, 7) is 3.38. The quantitative estimate of drug-likeness (QED) is 0.370. The molecular formula is C24H31FN6O2. The second-order valence-electron chi connectivity index (χ2n) is 7.90. The number of amides is 1. The van der Waals surface area contributed by atoms with Gasteiger partial charge in [0.2, 0.25) is 17.7 Å². The van der Waals surface area contributed by atoms with Crippen molar-refractivity contribution in [1.82, 2.24) is 20.3 Å². The molecule has 1 amide bonds. The highest BCUT2D eigenvalue weighted by atomic mass is 19.1. The molecule has 0 aromatic carbocycles. The number of aromatic nitrogens is 3. The molecule has 1 aliphatic carbocycles. The molecule has 2 aromatic heterocycles. The Hall–Kier alpha value is -3.41. The smallest absolute Gasteiger partial charge is 0.229 e. The first-order valence-corrected chi connectivity index (χ1v) is 11.4. The van der Waals surface area contributed by atoms with E-state index in [9.17, 15) is 9.18 Å². The van der Waals surface area contributed by atoms with Gasteiger partial charge in [-0.3, -0.25) is 4.79 Å². The lowest BCUT2D eigenvalue weighted by Crippen LogP contribution is -2.30. The molecule has 1 saturated carbocycles. The van der Waals surface area contributed by atoms with Gasteiger partial charge in [-0.2, -0.15) is 4.98 Å². The molecule has 0 bridgehead atoms. The second kappa shape index (κ2) is 12.6. The minimum Gasteiger partial charge on any atom is -0.481 e. The molecule has 2 heterocycles. The SMILES string of the molecule is CCCNc1nc(Nc2ccnc(OC)c2)ncc1C#CCCCNC(=O)[C@H]1CC[C@@H](F)C1.